The van der Waals surface area contributed by atoms with Gasteiger partial charge in [0.2, 0.25) is 11.8 Å². The van der Waals surface area contributed by atoms with E-state index in [0.29, 0.717) is 17.3 Å². The van der Waals surface area contributed by atoms with E-state index in [4.69, 9.17) is 4.42 Å². The van der Waals surface area contributed by atoms with E-state index in [-0.39, 0.29) is 5.91 Å². The number of benzene rings is 3. The van der Waals surface area contributed by atoms with Crippen LogP contribution in [0.25, 0.3) is 22.9 Å². The molecule has 0 spiro atoms. The van der Waals surface area contributed by atoms with E-state index < -0.39 is 0 Å². The molecule has 1 aliphatic rings. The Hall–Kier alpha value is -3.42. The Morgan fingerprint density at radius 3 is 2.29 bits per heavy atom. The van der Waals surface area contributed by atoms with Crippen LogP contribution in [-0.2, 0) is 0 Å². The predicted octanol–water partition coefficient (Wildman–Crippen LogP) is 5.26. The number of carbonyl (C=O) groups excluding carboxylic acids is 1. The lowest BCUT2D eigenvalue weighted by molar-refractivity contribution is 0.0644. The Kier molecular flexibility index (Phi) is 7.25. The number of aryl methyl sites for hydroxylation is 1. The van der Waals surface area contributed by atoms with Gasteiger partial charge in [0.1, 0.15) is 0 Å². The molecule has 35 heavy (non-hydrogen) atoms. The minimum absolute atomic E-state index is 0.0704. The highest BCUT2D eigenvalue weighted by Crippen LogP contribution is 2.26. The molecule has 178 valence electrons. The second-order valence-electron chi connectivity index (χ2n) is 8.60. The molecule has 0 saturated carbocycles. The molecule has 3 aromatic carbocycles. The molecule has 2 heterocycles. The molecule has 1 aromatic heterocycles. The summed E-state index contributed by atoms with van der Waals surface area (Å²) in [5.41, 5.74) is 3.49. The van der Waals surface area contributed by atoms with Crippen LogP contribution < -0.4 is 0 Å². The van der Waals surface area contributed by atoms with Gasteiger partial charge in [-0.05, 0) is 55.0 Å². The Bertz CT molecular complexity index is 1270. The molecule has 6 nitrogen and oxygen atoms in total. The number of rotatable bonds is 7. The summed E-state index contributed by atoms with van der Waals surface area (Å²) in [6, 6.07) is 25.8. The number of amides is 1. The molecule has 0 radical (unpaired) electrons. The van der Waals surface area contributed by atoms with E-state index in [9.17, 15) is 4.79 Å². The van der Waals surface area contributed by atoms with Crippen LogP contribution >= 0.6 is 11.8 Å². The molecular weight excluding hydrogens is 456 g/mol. The summed E-state index contributed by atoms with van der Waals surface area (Å²) in [5.74, 6) is 2.07. The van der Waals surface area contributed by atoms with Gasteiger partial charge in [0, 0.05) is 60.1 Å². The highest BCUT2D eigenvalue weighted by molar-refractivity contribution is 7.99. The van der Waals surface area contributed by atoms with Crippen molar-refractivity contribution in [3.05, 3.63) is 90.0 Å². The first-order chi connectivity index (χ1) is 17.2. The maximum absolute atomic E-state index is 13.0. The summed E-state index contributed by atoms with van der Waals surface area (Å²) < 4.78 is 5.90. The highest BCUT2D eigenvalue weighted by Gasteiger charge is 2.22. The lowest BCUT2D eigenvalue weighted by atomic mass is 10.1. The minimum atomic E-state index is 0.0704. The number of piperazine rings is 1. The fraction of sp³-hybridized carbons (Fsp3) is 0.250. The van der Waals surface area contributed by atoms with Crippen LogP contribution in [0.2, 0.25) is 0 Å². The first-order valence-electron chi connectivity index (χ1n) is 11.9. The van der Waals surface area contributed by atoms with Crippen LogP contribution in [-0.4, -0.2) is 64.4 Å². The molecule has 7 heteroatoms. The molecule has 0 bridgehead atoms. The fourth-order valence-corrected chi connectivity index (χ4v) is 5.12. The molecule has 1 amide bonds. The van der Waals surface area contributed by atoms with Gasteiger partial charge in [-0.25, -0.2) is 0 Å². The normalized spacial score (nSPS) is 14.3. The number of carbonyl (C=O) groups is 1. The summed E-state index contributed by atoms with van der Waals surface area (Å²) in [7, 11) is 0. The van der Waals surface area contributed by atoms with E-state index in [1.165, 1.54) is 4.90 Å². The first-order valence-corrected chi connectivity index (χ1v) is 12.9. The molecule has 0 aliphatic carbocycles. The molecule has 0 N–H and O–H groups in total. The van der Waals surface area contributed by atoms with Crippen molar-refractivity contribution in [3.8, 4) is 22.9 Å². The fourth-order valence-electron chi connectivity index (χ4n) is 4.18. The number of hydrogen-bond acceptors (Lipinski definition) is 6. The third-order valence-electron chi connectivity index (χ3n) is 6.26. The summed E-state index contributed by atoms with van der Waals surface area (Å²) >= 11 is 1.88. The smallest absolute Gasteiger partial charge is 0.253 e. The largest absolute Gasteiger partial charge is 0.416 e. The zero-order chi connectivity index (χ0) is 24.0. The van der Waals surface area contributed by atoms with Crippen molar-refractivity contribution in [3.63, 3.8) is 0 Å². The molecule has 1 fully saturated rings. The van der Waals surface area contributed by atoms with Gasteiger partial charge in [-0.1, -0.05) is 36.4 Å². The summed E-state index contributed by atoms with van der Waals surface area (Å²) in [6.07, 6.45) is 0. The quantitative estimate of drug-likeness (QED) is 0.333. The van der Waals surface area contributed by atoms with Crippen molar-refractivity contribution in [1.82, 2.24) is 20.0 Å². The SMILES string of the molecule is Cc1ccccc1-c1nnc(-c2ccc(C(=O)N3CCN(CCSc4ccccc4)CC3)cc2)o1. The Morgan fingerprint density at radius 1 is 0.857 bits per heavy atom. The van der Waals surface area contributed by atoms with Crippen LogP contribution in [0.1, 0.15) is 15.9 Å². The van der Waals surface area contributed by atoms with Crippen molar-refractivity contribution < 1.29 is 9.21 Å². The molecule has 1 saturated heterocycles. The first kappa shape index (κ1) is 23.3. The monoisotopic (exact) mass is 484 g/mol. The third-order valence-corrected chi connectivity index (χ3v) is 7.25. The van der Waals surface area contributed by atoms with Crippen LogP contribution in [0.15, 0.2) is 88.2 Å². The number of hydrogen-bond donors (Lipinski definition) is 0. The van der Waals surface area contributed by atoms with E-state index in [2.05, 4.69) is 39.4 Å². The maximum Gasteiger partial charge on any atom is 0.253 e. The van der Waals surface area contributed by atoms with E-state index in [1.54, 1.807) is 0 Å². The van der Waals surface area contributed by atoms with Gasteiger partial charge in [-0.15, -0.1) is 22.0 Å². The van der Waals surface area contributed by atoms with E-state index >= 15 is 0 Å². The molecule has 0 unspecified atom stereocenters. The van der Waals surface area contributed by atoms with E-state index in [0.717, 1.165) is 55.2 Å². The van der Waals surface area contributed by atoms with Crippen molar-refractivity contribution >= 4 is 17.7 Å². The molecular formula is C28H28N4O2S. The van der Waals surface area contributed by atoms with Gasteiger partial charge in [-0.2, -0.15) is 0 Å². The summed E-state index contributed by atoms with van der Waals surface area (Å²) in [5, 5.41) is 8.40. The van der Waals surface area contributed by atoms with Gasteiger partial charge in [0.25, 0.3) is 5.91 Å². The average molecular weight is 485 g/mol. The zero-order valence-electron chi connectivity index (χ0n) is 19.8. The van der Waals surface area contributed by atoms with Crippen molar-refractivity contribution in [2.24, 2.45) is 0 Å². The van der Waals surface area contributed by atoms with Gasteiger partial charge in [-0.3, -0.25) is 9.69 Å². The third kappa shape index (κ3) is 5.63. The maximum atomic E-state index is 13.0. The van der Waals surface area contributed by atoms with Gasteiger partial charge >= 0.3 is 0 Å². The lowest BCUT2D eigenvalue weighted by Gasteiger charge is -2.34. The van der Waals surface area contributed by atoms with Crippen LogP contribution in [0, 0.1) is 6.92 Å². The molecule has 5 rings (SSSR count). The Morgan fingerprint density at radius 2 is 1.54 bits per heavy atom. The molecule has 1 aliphatic heterocycles. The van der Waals surface area contributed by atoms with Gasteiger partial charge in [0.05, 0.1) is 0 Å². The topological polar surface area (TPSA) is 62.5 Å². The van der Waals surface area contributed by atoms with Crippen molar-refractivity contribution in [2.75, 3.05) is 38.5 Å². The lowest BCUT2D eigenvalue weighted by Crippen LogP contribution is -2.49. The van der Waals surface area contributed by atoms with E-state index in [1.807, 2.05) is 78.2 Å². The van der Waals surface area contributed by atoms with Crippen molar-refractivity contribution in [2.45, 2.75) is 11.8 Å². The van der Waals surface area contributed by atoms with Gasteiger partial charge < -0.3 is 9.32 Å². The van der Waals surface area contributed by atoms with Crippen LogP contribution in [0.4, 0.5) is 0 Å². The second-order valence-corrected chi connectivity index (χ2v) is 9.77. The molecule has 0 atom stereocenters. The number of nitrogens with zero attached hydrogens (tertiary/aromatic N) is 4. The Labute approximate surface area is 210 Å². The van der Waals surface area contributed by atoms with Crippen LogP contribution in [0.5, 0.6) is 0 Å². The Balaban J connectivity index is 1.14. The highest BCUT2D eigenvalue weighted by atomic mass is 32.2. The second kappa shape index (κ2) is 10.9. The molecule has 4 aromatic rings. The minimum Gasteiger partial charge on any atom is -0.416 e. The average Bonchev–Trinajstić information content (AvgIpc) is 3.40. The van der Waals surface area contributed by atoms with Crippen LogP contribution in [0.3, 0.4) is 0 Å². The number of aromatic nitrogens is 2. The summed E-state index contributed by atoms with van der Waals surface area (Å²) in [6.45, 7) is 6.36. The zero-order valence-corrected chi connectivity index (χ0v) is 20.6. The number of thioether (sulfide) groups is 1. The standard InChI is InChI=1S/C28H28N4O2S/c1-21-7-5-6-10-25(21)27-30-29-26(34-27)22-11-13-23(14-12-22)28(33)32-17-15-31(16-18-32)19-20-35-24-8-3-2-4-9-24/h2-14H,15-20H2,1H3. The predicted molar refractivity (Wildman–Crippen MR) is 139 cm³/mol. The van der Waals surface area contributed by atoms with Crippen molar-refractivity contribution in [1.29, 1.82) is 0 Å². The van der Waals surface area contributed by atoms with Gasteiger partial charge in [0.15, 0.2) is 0 Å². The summed E-state index contributed by atoms with van der Waals surface area (Å²) in [4.78, 5) is 18.7.